The molecule has 0 spiro atoms. The second-order valence-corrected chi connectivity index (χ2v) is 8.17. The average Bonchev–Trinajstić information content (AvgIpc) is 2.59. The Kier molecular flexibility index (Phi) is 5.27. The summed E-state index contributed by atoms with van der Waals surface area (Å²) in [5.74, 6) is -0.854. The first-order chi connectivity index (χ1) is 12.8. The molecule has 3 rings (SSSR count). The fourth-order valence-corrected chi connectivity index (χ4v) is 4.27. The van der Waals surface area contributed by atoms with Crippen molar-refractivity contribution >= 4 is 11.8 Å². The Hall–Kier alpha value is -2.36. The number of fused-ring (bicyclic) bond motifs is 1. The smallest absolute Gasteiger partial charge is 0.336 e. The Balaban J connectivity index is 2.16. The van der Waals surface area contributed by atoms with Gasteiger partial charge in [0.05, 0.1) is 18.1 Å². The van der Waals surface area contributed by atoms with Gasteiger partial charge in [-0.05, 0) is 36.8 Å². The number of carbonyl (C=O) groups excluding carboxylic acids is 2. The van der Waals surface area contributed by atoms with Crippen LogP contribution in [0.1, 0.15) is 58.1 Å². The van der Waals surface area contributed by atoms with Gasteiger partial charge >= 0.3 is 5.97 Å². The van der Waals surface area contributed by atoms with Gasteiger partial charge in [-0.25, -0.2) is 4.79 Å². The van der Waals surface area contributed by atoms with Crippen LogP contribution in [0.3, 0.4) is 0 Å². The van der Waals surface area contributed by atoms with Crippen molar-refractivity contribution in [2.75, 3.05) is 6.61 Å². The molecule has 1 aromatic carbocycles. The molecular weight excluding hydrogens is 338 g/mol. The largest absolute Gasteiger partial charge is 0.463 e. The molecule has 1 heterocycles. The van der Waals surface area contributed by atoms with E-state index in [4.69, 9.17) is 4.74 Å². The number of ketones is 1. The number of ether oxygens (including phenoxy) is 1. The molecule has 1 aromatic rings. The van der Waals surface area contributed by atoms with Crippen LogP contribution in [-0.4, -0.2) is 18.4 Å². The molecule has 0 fully saturated rings. The van der Waals surface area contributed by atoms with Gasteiger partial charge in [0.1, 0.15) is 5.78 Å². The predicted octanol–water partition coefficient (Wildman–Crippen LogP) is 4.27. The summed E-state index contributed by atoms with van der Waals surface area (Å²) in [6, 6.07) is 8.25. The van der Waals surface area contributed by atoms with Crippen molar-refractivity contribution in [2.45, 2.75) is 53.4 Å². The Morgan fingerprint density at radius 2 is 1.85 bits per heavy atom. The van der Waals surface area contributed by atoms with E-state index in [0.29, 0.717) is 18.6 Å². The van der Waals surface area contributed by atoms with Crippen LogP contribution >= 0.6 is 0 Å². The van der Waals surface area contributed by atoms with E-state index >= 15 is 0 Å². The number of esters is 1. The van der Waals surface area contributed by atoms with Gasteiger partial charge in [-0.2, -0.15) is 0 Å². The highest BCUT2D eigenvalue weighted by Crippen LogP contribution is 2.46. The molecular formula is C23H29NO3. The number of aryl methyl sites for hydroxylation is 1. The van der Waals surface area contributed by atoms with Crippen molar-refractivity contribution in [2.24, 2.45) is 11.3 Å². The topological polar surface area (TPSA) is 55.4 Å². The van der Waals surface area contributed by atoms with Crippen LogP contribution in [0.4, 0.5) is 0 Å². The van der Waals surface area contributed by atoms with E-state index in [1.807, 2.05) is 19.1 Å². The lowest BCUT2D eigenvalue weighted by Crippen LogP contribution is -2.43. The maximum Gasteiger partial charge on any atom is 0.336 e. The number of benzene rings is 1. The molecule has 0 aromatic heterocycles. The molecule has 2 atom stereocenters. The fraction of sp³-hybridized carbons (Fsp3) is 0.478. The first-order valence-corrected chi connectivity index (χ1v) is 9.76. The van der Waals surface area contributed by atoms with Gasteiger partial charge in [-0.15, -0.1) is 0 Å². The molecule has 0 bridgehead atoms. The third-order valence-electron chi connectivity index (χ3n) is 5.48. The standard InChI is InChI=1S/C23H29NO3/c1-6-15-8-10-16(11-9-15)20-19(22(26)27-7-2)14(3)24-17-12-23(4,5)13-18(25)21(17)20/h8-12,20-21,24H,6-7,13H2,1-5H3. The van der Waals surface area contributed by atoms with Crippen LogP contribution in [-0.2, 0) is 20.7 Å². The molecule has 1 N–H and O–H groups in total. The van der Waals surface area contributed by atoms with E-state index in [1.54, 1.807) is 6.92 Å². The quantitative estimate of drug-likeness (QED) is 0.808. The first-order valence-electron chi connectivity index (χ1n) is 9.76. The lowest BCUT2D eigenvalue weighted by molar-refractivity contribution is -0.139. The monoisotopic (exact) mass is 367 g/mol. The van der Waals surface area contributed by atoms with E-state index in [0.717, 1.165) is 23.4 Å². The molecule has 4 heteroatoms. The van der Waals surface area contributed by atoms with Crippen LogP contribution < -0.4 is 5.32 Å². The number of hydrogen-bond acceptors (Lipinski definition) is 4. The fourth-order valence-electron chi connectivity index (χ4n) is 4.27. The number of nitrogens with one attached hydrogen (secondary N) is 1. The van der Waals surface area contributed by atoms with E-state index in [1.165, 1.54) is 5.56 Å². The molecule has 2 aliphatic rings. The average molecular weight is 367 g/mol. The molecule has 0 amide bonds. The van der Waals surface area contributed by atoms with Crippen LogP contribution in [0.2, 0.25) is 0 Å². The third kappa shape index (κ3) is 3.71. The lowest BCUT2D eigenvalue weighted by Gasteiger charge is -2.41. The highest BCUT2D eigenvalue weighted by atomic mass is 16.5. The van der Waals surface area contributed by atoms with Crippen molar-refractivity contribution in [3.63, 3.8) is 0 Å². The molecule has 2 unspecified atom stereocenters. The maximum absolute atomic E-state index is 13.1. The van der Waals surface area contributed by atoms with E-state index < -0.39 is 0 Å². The van der Waals surface area contributed by atoms with E-state index in [9.17, 15) is 9.59 Å². The summed E-state index contributed by atoms with van der Waals surface area (Å²) in [7, 11) is 0. The molecule has 1 aliphatic carbocycles. The lowest BCUT2D eigenvalue weighted by atomic mass is 9.66. The zero-order valence-corrected chi connectivity index (χ0v) is 16.9. The summed E-state index contributed by atoms with van der Waals surface area (Å²) in [4.78, 5) is 25.9. The van der Waals surface area contributed by atoms with Crippen molar-refractivity contribution in [3.8, 4) is 0 Å². The minimum Gasteiger partial charge on any atom is -0.463 e. The van der Waals surface area contributed by atoms with Gasteiger partial charge in [0, 0.05) is 23.7 Å². The van der Waals surface area contributed by atoms with E-state index in [-0.39, 0.29) is 29.0 Å². The summed E-state index contributed by atoms with van der Waals surface area (Å²) < 4.78 is 5.34. The van der Waals surface area contributed by atoms with Crippen molar-refractivity contribution < 1.29 is 14.3 Å². The van der Waals surface area contributed by atoms with Gasteiger partial charge in [-0.3, -0.25) is 4.79 Å². The van der Waals surface area contributed by atoms with Crippen molar-refractivity contribution in [1.82, 2.24) is 5.32 Å². The number of hydrogen-bond donors (Lipinski definition) is 1. The summed E-state index contributed by atoms with van der Waals surface area (Å²) in [6.07, 6.45) is 3.58. The Labute approximate surface area is 161 Å². The summed E-state index contributed by atoms with van der Waals surface area (Å²) in [5, 5.41) is 3.34. The molecule has 144 valence electrons. The highest BCUT2D eigenvalue weighted by Gasteiger charge is 2.46. The number of allylic oxidation sites excluding steroid dienone is 3. The van der Waals surface area contributed by atoms with Gasteiger partial charge in [0.25, 0.3) is 0 Å². The number of carbonyl (C=O) groups is 2. The van der Waals surface area contributed by atoms with Gasteiger partial charge in [-0.1, -0.05) is 51.1 Å². The van der Waals surface area contributed by atoms with Gasteiger partial charge < -0.3 is 10.1 Å². The van der Waals surface area contributed by atoms with Crippen LogP contribution in [0.15, 0.2) is 47.3 Å². The molecule has 1 aliphatic heterocycles. The van der Waals surface area contributed by atoms with Crippen LogP contribution in [0, 0.1) is 11.3 Å². The molecule has 27 heavy (non-hydrogen) atoms. The summed E-state index contributed by atoms with van der Waals surface area (Å²) in [5.41, 5.74) is 4.28. The van der Waals surface area contributed by atoms with Crippen LogP contribution in [0.25, 0.3) is 0 Å². The zero-order valence-electron chi connectivity index (χ0n) is 16.9. The first kappa shape index (κ1) is 19.4. The Morgan fingerprint density at radius 1 is 1.19 bits per heavy atom. The normalized spacial score (nSPS) is 24.0. The molecule has 4 nitrogen and oxygen atoms in total. The molecule has 0 saturated carbocycles. The Morgan fingerprint density at radius 3 is 2.44 bits per heavy atom. The number of Topliss-reactive ketones (excluding diaryl/α,β-unsaturated/α-hetero) is 1. The highest BCUT2D eigenvalue weighted by molar-refractivity contribution is 5.96. The maximum atomic E-state index is 13.1. The van der Waals surface area contributed by atoms with Crippen molar-refractivity contribution in [3.05, 3.63) is 58.4 Å². The zero-order chi connectivity index (χ0) is 19.8. The minimum atomic E-state index is -0.367. The van der Waals surface area contributed by atoms with Gasteiger partial charge in [0.15, 0.2) is 0 Å². The Bertz CT molecular complexity index is 815. The molecule has 0 saturated heterocycles. The van der Waals surface area contributed by atoms with E-state index in [2.05, 4.69) is 44.3 Å². The third-order valence-corrected chi connectivity index (χ3v) is 5.48. The second kappa shape index (κ2) is 7.34. The second-order valence-electron chi connectivity index (χ2n) is 8.17. The summed E-state index contributed by atoms with van der Waals surface area (Å²) >= 11 is 0. The SMILES string of the molecule is CCOC(=O)C1=C(C)NC2=CC(C)(C)CC(=O)C2C1c1ccc(CC)cc1. The van der Waals surface area contributed by atoms with Crippen LogP contribution in [0.5, 0.6) is 0 Å². The van der Waals surface area contributed by atoms with Gasteiger partial charge in [0.2, 0.25) is 0 Å². The number of rotatable bonds is 4. The van der Waals surface area contributed by atoms with Crippen molar-refractivity contribution in [1.29, 1.82) is 0 Å². The minimum absolute atomic E-state index is 0.170. The molecule has 0 radical (unpaired) electrons. The predicted molar refractivity (Wildman–Crippen MR) is 106 cm³/mol. The summed E-state index contributed by atoms with van der Waals surface area (Å²) in [6.45, 7) is 10.3.